The summed E-state index contributed by atoms with van der Waals surface area (Å²) in [4.78, 5) is 10.7. The molecule has 2 rings (SSSR count). The fourth-order valence-corrected chi connectivity index (χ4v) is 3.28. The third-order valence-electron chi connectivity index (χ3n) is 3.08. The lowest BCUT2D eigenvalue weighted by atomic mass is 10.1. The first-order valence-corrected chi connectivity index (χ1v) is 6.89. The van der Waals surface area contributed by atoms with E-state index in [2.05, 4.69) is 0 Å². The number of carboxylic acid groups (broad SMARTS) is 1. The summed E-state index contributed by atoms with van der Waals surface area (Å²) in [5.41, 5.74) is 0.520. The molecule has 0 aliphatic heterocycles. The molecule has 2 nitrogen and oxygen atoms in total. The number of carboxylic acids is 1. The van der Waals surface area contributed by atoms with Crippen molar-refractivity contribution in [2.24, 2.45) is 5.41 Å². The molecule has 5 heteroatoms. The molecule has 0 saturated heterocycles. The second-order valence-corrected chi connectivity index (χ2v) is 5.83. The number of aliphatic carboxylic acids is 1. The van der Waals surface area contributed by atoms with E-state index >= 15 is 0 Å². The number of hydrogen-bond donors (Lipinski definition) is 1. The van der Waals surface area contributed by atoms with Gasteiger partial charge in [0.15, 0.2) is 0 Å². The maximum absolute atomic E-state index is 12.9. The lowest BCUT2D eigenvalue weighted by Gasteiger charge is -2.11. The summed E-state index contributed by atoms with van der Waals surface area (Å²) >= 11 is 1.54. The number of thioether (sulfide) groups is 1. The van der Waals surface area contributed by atoms with Gasteiger partial charge in [-0.25, -0.2) is 8.78 Å². The van der Waals surface area contributed by atoms with E-state index in [0.29, 0.717) is 11.3 Å². The second-order valence-electron chi connectivity index (χ2n) is 4.84. The van der Waals surface area contributed by atoms with Crippen LogP contribution in [0.1, 0.15) is 24.8 Å². The van der Waals surface area contributed by atoms with Crippen LogP contribution in [0.3, 0.4) is 0 Å². The van der Waals surface area contributed by atoms with Gasteiger partial charge in [0.05, 0.1) is 6.42 Å². The van der Waals surface area contributed by atoms with Crippen LogP contribution in [-0.4, -0.2) is 16.8 Å². The average molecular weight is 272 g/mol. The van der Waals surface area contributed by atoms with Crippen LogP contribution in [-0.2, 0) is 10.5 Å². The van der Waals surface area contributed by atoms with Gasteiger partial charge in [-0.3, -0.25) is 4.79 Å². The van der Waals surface area contributed by atoms with Crippen LogP contribution in [0.15, 0.2) is 18.2 Å². The molecule has 0 atom stereocenters. The first kappa shape index (κ1) is 13.3. The van der Waals surface area contributed by atoms with Crippen molar-refractivity contribution in [3.05, 3.63) is 35.4 Å². The Morgan fingerprint density at radius 3 is 2.39 bits per heavy atom. The highest BCUT2D eigenvalue weighted by molar-refractivity contribution is 7.98. The van der Waals surface area contributed by atoms with Crippen molar-refractivity contribution in [1.82, 2.24) is 0 Å². The summed E-state index contributed by atoms with van der Waals surface area (Å²) in [5.74, 6) is -0.674. The molecule has 1 aliphatic carbocycles. The van der Waals surface area contributed by atoms with Crippen molar-refractivity contribution >= 4 is 17.7 Å². The highest BCUT2D eigenvalue weighted by Crippen LogP contribution is 2.51. The number of carbonyl (C=O) groups is 1. The number of benzene rings is 1. The normalized spacial score (nSPS) is 16.6. The molecule has 0 spiro atoms. The highest BCUT2D eigenvalue weighted by Gasteiger charge is 2.43. The zero-order valence-corrected chi connectivity index (χ0v) is 10.6. The molecule has 0 bridgehead atoms. The first-order chi connectivity index (χ1) is 8.49. The lowest BCUT2D eigenvalue weighted by molar-refractivity contribution is -0.138. The van der Waals surface area contributed by atoms with Crippen molar-refractivity contribution in [2.45, 2.75) is 25.0 Å². The van der Waals surface area contributed by atoms with Gasteiger partial charge in [-0.15, -0.1) is 0 Å². The minimum Gasteiger partial charge on any atom is -0.481 e. The maximum atomic E-state index is 12.9. The quantitative estimate of drug-likeness (QED) is 0.861. The van der Waals surface area contributed by atoms with E-state index in [9.17, 15) is 13.6 Å². The predicted molar refractivity (Wildman–Crippen MR) is 66.4 cm³/mol. The Morgan fingerprint density at radius 2 is 1.89 bits per heavy atom. The van der Waals surface area contributed by atoms with E-state index in [4.69, 9.17) is 5.11 Å². The smallest absolute Gasteiger partial charge is 0.303 e. The molecule has 0 radical (unpaired) electrons. The minimum absolute atomic E-state index is 0.0810. The van der Waals surface area contributed by atoms with Crippen LogP contribution >= 0.6 is 11.8 Å². The topological polar surface area (TPSA) is 37.3 Å². The maximum Gasteiger partial charge on any atom is 0.303 e. The molecular formula is C13H14F2O2S. The average Bonchev–Trinajstić information content (AvgIpc) is 2.95. The first-order valence-electron chi connectivity index (χ1n) is 5.74. The van der Waals surface area contributed by atoms with Crippen LogP contribution < -0.4 is 0 Å². The molecular weight excluding hydrogens is 258 g/mol. The van der Waals surface area contributed by atoms with E-state index in [-0.39, 0.29) is 11.8 Å². The van der Waals surface area contributed by atoms with Crippen molar-refractivity contribution in [1.29, 1.82) is 0 Å². The summed E-state index contributed by atoms with van der Waals surface area (Å²) in [5, 5.41) is 8.77. The Morgan fingerprint density at radius 1 is 1.28 bits per heavy atom. The number of rotatable bonds is 6. The van der Waals surface area contributed by atoms with Gasteiger partial charge >= 0.3 is 5.97 Å². The molecule has 18 heavy (non-hydrogen) atoms. The van der Waals surface area contributed by atoms with Gasteiger partial charge in [0.1, 0.15) is 11.6 Å². The lowest BCUT2D eigenvalue weighted by Crippen LogP contribution is -2.11. The molecule has 1 aromatic rings. The molecule has 1 fully saturated rings. The molecule has 1 saturated carbocycles. The number of halogens is 2. The molecule has 0 amide bonds. The minimum atomic E-state index is -0.773. The number of hydrogen-bond acceptors (Lipinski definition) is 2. The molecule has 0 aromatic heterocycles. The fraction of sp³-hybridized carbons (Fsp3) is 0.462. The van der Waals surface area contributed by atoms with Crippen LogP contribution in [0, 0.1) is 17.0 Å². The Bertz CT molecular complexity index is 438. The monoisotopic (exact) mass is 272 g/mol. The van der Waals surface area contributed by atoms with Gasteiger partial charge in [-0.05, 0) is 41.7 Å². The summed E-state index contributed by atoms with van der Waals surface area (Å²) in [7, 11) is 0. The van der Waals surface area contributed by atoms with Crippen molar-refractivity contribution in [2.75, 3.05) is 5.75 Å². The van der Waals surface area contributed by atoms with Crippen LogP contribution in [0.4, 0.5) is 8.78 Å². The van der Waals surface area contributed by atoms with E-state index in [1.54, 1.807) is 0 Å². The molecule has 0 unspecified atom stereocenters. The van der Waals surface area contributed by atoms with Gasteiger partial charge in [0.25, 0.3) is 0 Å². The van der Waals surface area contributed by atoms with Gasteiger partial charge in [-0.1, -0.05) is 0 Å². The molecule has 1 N–H and O–H groups in total. The molecule has 0 heterocycles. The Labute approximate surface area is 108 Å². The zero-order valence-electron chi connectivity index (χ0n) is 9.79. The predicted octanol–water partition coefficient (Wildman–Crippen LogP) is 3.45. The van der Waals surface area contributed by atoms with E-state index in [1.165, 1.54) is 23.9 Å². The van der Waals surface area contributed by atoms with Crippen molar-refractivity contribution in [3.63, 3.8) is 0 Å². The fourth-order valence-electron chi connectivity index (χ4n) is 1.95. The summed E-state index contributed by atoms with van der Waals surface area (Å²) in [6.07, 6.45) is 2.06. The zero-order chi connectivity index (χ0) is 13.2. The van der Waals surface area contributed by atoms with Crippen LogP contribution in [0.2, 0.25) is 0 Å². The van der Waals surface area contributed by atoms with Crippen LogP contribution in [0.5, 0.6) is 0 Å². The van der Waals surface area contributed by atoms with E-state index in [0.717, 1.165) is 24.7 Å². The van der Waals surface area contributed by atoms with Crippen LogP contribution in [0.25, 0.3) is 0 Å². The Hall–Kier alpha value is -1.10. The Kier molecular flexibility index (Phi) is 3.90. The second kappa shape index (κ2) is 5.26. The van der Waals surface area contributed by atoms with E-state index < -0.39 is 17.6 Å². The Balaban J connectivity index is 1.83. The standard InChI is InChI=1S/C13H14F2O2S/c14-10-3-9(4-11(15)5-10)7-18-8-13(1-2-13)6-12(16)17/h3-5H,1-2,6-8H2,(H,16,17). The van der Waals surface area contributed by atoms with Gasteiger partial charge in [0.2, 0.25) is 0 Å². The SMILES string of the molecule is O=C(O)CC1(CSCc2cc(F)cc(F)c2)CC1. The third kappa shape index (κ3) is 3.70. The van der Waals surface area contributed by atoms with Gasteiger partial charge in [-0.2, -0.15) is 11.8 Å². The van der Waals surface area contributed by atoms with Gasteiger partial charge in [0, 0.05) is 11.8 Å². The molecule has 1 aliphatic rings. The summed E-state index contributed by atoms with van der Waals surface area (Å²) in [6.45, 7) is 0. The molecule has 98 valence electrons. The summed E-state index contributed by atoms with van der Waals surface area (Å²) < 4.78 is 25.9. The van der Waals surface area contributed by atoms with Crippen molar-refractivity contribution in [3.8, 4) is 0 Å². The molecule has 1 aromatic carbocycles. The largest absolute Gasteiger partial charge is 0.481 e. The van der Waals surface area contributed by atoms with Gasteiger partial charge < -0.3 is 5.11 Å². The van der Waals surface area contributed by atoms with E-state index in [1.807, 2.05) is 0 Å². The third-order valence-corrected chi connectivity index (χ3v) is 4.44. The summed E-state index contributed by atoms with van der Waals surface area (Å²) in [6, 6.07) is 3.47. The van der Waals surface area contributed by atoms with Crippen molar-refractivity contribution < 1.29 is 18.7 Å². The highest BCUT2D eigenvalue weighted by atomic mass is 32.2.